The summed E-state index contributed by atoms with van der Waals surface area (Å²) >= 11 is 0. The normalized spacial score (nSPS) is 29.0. The minimum Gasteiger partial charge on any atom is -0.354 e. The topological polar surface area (TPSA) is 63.1 Å². The van der Waals surface area contributed by atoms with Crippen molar-refractivity contribution in [3.63, 3.8) is 0 Å². The standard InChI is InChI=1S/C25H31N3O2/c29-23(17-25-14-18-11-19(15-25)13-20(12-18)16-25)26-7-8-27-24(30)21-3-5-22(6-4-21)28-9-1-2-10-28/h1-6,9-10,18-20H,7-8,11-17H2,(H,26,29)(H,27,30). The molecule has 0 saturated heterocycles. The number of hydrogen-bond donors (Lipinski definition) is 2. The Kier molecular flexibility index (Phi) is 5.13. The van der Waals surface area contributed by atoms with E-state index in [0.717, 1.165) is 23.4 Å². The molecule has 4 bridgehead atoms. The number of nitrogens with zero attached hydrogens (tertiary/aromatic N) is 1. The van der Waals surface area contributed by atoms with Crippen molar-refractivity contribution in [2.75, 3.05) is 13.1 Å². The van der Waals surface area contributed by atoms with Crippen molar-refractivity contribution in [3.8, 4) is 5.69 Å². The van der Waals surface area contributed by atoms with E-state index in [1.54, 1.807) is 0 Å². The first-order valence-corrected chi connectivity index (χ1v) is 11.4. The van der Waals surface area contributed by atoms with Gasteiger partial charge in [-0.1, -0.05) is 0 Å². The van der Waals surface area contributed by atoms with Gasteiger partial charge in [-0.15, -0.1) is 0 Å². The molecule has 0 radical (unpaired) electrons. The molecule has 4 aliphatic rings. The maximum Gasteiger partial charge on any atom is 0.251 e. The first kappa shape index (κ1) is 19.4. The zero-order chi connectivity index (χ0) is 20.6. The first-order chi connectivity index (χ1) is 14.6. The Hall–Kier alpha value is -2.56. The Morgan fingerprint density at radius 3 is 2.03 bits per heavy atom. The van der Waals surface area contributed by atoms with Crippen LogP contribution >= 0.6 is 0 Å². The largest absolute Gasteiger partial charge is 0.354 e. The van der Waals surface area contributed by atoms with Gasteiger partial charge < -0.3 is 15.2 Å². The van der Waals surface area contributed by atoms with Gasteiger partial charge in [0.15, 0.2) is 0 Å². The summed E-state index contributed by atoms with van der Waals surface area (Å²) in [6.45, 7) is 0.934. The second-order valence-corrected chi connectivity index (χ2v) is 9.84. The van der Waals surface area contributed by atoms with E-state index < -0.39 is 0 Å². The molecule has 6 rings (SSSR count). The number of hydrogen-bond acceptors (Lipinski definition) is 2. The number of carbonyl (C=O) groups is 2. The highest BCUT2D eigenvalue weighted by molar-refractivity contribution is 5.94. The Morgan fingerprint density at radius 2 is 1.43 bits per heavy atom. The Labute approximate surface area is 178 Å². The van der Waals surface area contributed by atoms with Crippen LogP contribution in [0.2, 0.25) is 0 Å². The van der Waals surface area contributed by atoms with Crippen LogP contribution in [0.25, 0.3) is 5.69 Å². The van der Waals surface area contributed by atoms with Gasteiger partial charge in [0, 0.05) is 43.2 Å². The molecule has 158 valence electrons. The fourth-order valence-corrected chi connectivity index (χ4v) is 6.68. The smallest absolute Gasteiger partial charge is 0.251 e. The molecule has 0 spiro atoms. The molecule has 0 atom stereocenters. The van der Waals surface area contributed by atoms with Crippen LogP contribution in [0.1, 0.15) is 55.3 Å². The fourth-order valence-electron chi connectivity index (χ4n) is 6.68. The molecule has 2 aromatic rings. The van der Waals surface area contributed by atoms with Crippen molar-refractivity contribution < 1.29 is 9.59 Å². The summed E-state index contributed by atoms with van der Waals surface area (Å²) in [4.78, 5) is 24.9. The van der Waals surface area contributed by atoms with E-state index in [9.17, 15) is 9.59 Å². The molecular weight excluding hydrogens is 374 g/mol. The highest BCUT2D eigenvalue weighted by atomic mass is 16.2. The molecule has 30 heavy (non-hydrogen) atoms. The SMILES string of the molecule is O=C(CC12CC3CC(CC(C3)C1)C2)NCCNC(=O)c1ccc(-n2cccc2)cc1. The summed E-state index contributed by atoms with van der Waals surface area (Å²) in [7, 11) is 0. The van der Waals surface area contributed by atoms with E-state index in [1.165, 1.54) is 38.5 Å². The first-order valence-electron chi connectivity index (χ1n) is 11.4. The van der Waals surface area contributed by atoms with Crippen molar-refractivity contribution in [3.05, 3.63) is 54.4 Å². The van der Waals surface area contributed by atoms with Crippen LogP contribution in [-0.4, -0.2) is 29.5 Å². The summed E-state index contributed by atoms with van der Waals surface area (Å²) in [5.41, 5.74) is 1.92. The Balaban J connectivity index is 1.06. The van der Waals surface area contributed by atoms with E-state index in [2.05, 4.69) is 10.6 Å². The predicted molar refractivity (Wildman–Crippen MR) is 116 cm³/mol. The second-order valence-electron chi connectivity index (χ2n) is 9.84. The van der Waals surface area contributed by atoms with Crippen LogP contribution in [0.4, 0.5) is 0 Å². The minimum atomic E-state index is -0.107. The molecule has 1 aromatic carbocycles. The molecule has 1 heterocycles. The molecule has 5 heteroatoms. The molecule has 4 aliphatic carbocycles. The van der Waals surface area contributed by atoms with E-state index in [0.29, 0.717) is 25.1 Å². The Bertz CT molecular complexity index is 866. The third-order valence-electron chi connectivity index (χ3n) is 7.47. The lowest BCUT2D eigenvalue weighted by atomic mass is 9.49. The van der Waals surface area contributed by atoms with E-state index in [4.69, 9.17) is 0 Å². The van der Waals surface area contributed by atoms with Crippen LogP contribution in [0.15, 0.2) is 48.8 Å². The van der Waals surface area contributed by atoms with Crippen LogP contribution in [0, 0.1) is 23.2 Å². The van der Waals surface area contributed by atoms with Gasteiger partial charge in [0.1, 0.15) is 0 Å². The number of nitrogens with one attached hydrogen (secondary N) is 2. The maximum atomic E-state index is 12.6. The van der Waals surface area contributed by atoms with E-state index in [1.807, 2.05) is 53.4 Å². The van der Waals surface area contributed by atoms with Crippen LogP contribution in [-0.2, 0) is 4.79 Å². The monoisotopic (exact) mass is 405 g/mol. The third kappa shape index (κ3) is 4.03. The summed E-state index contributed by atoms with van der Waals surface area (Å²) in [5.74, 6) is 2.65. The number of benzene rings is 1. The van der Waals surface area contributed by atoms with E-state index >= 15 is 0 Å². The molecule has 2 N–H and O–H groups in total. The molecule has 4 fully saturated rings. The van der Waals surface area contributed by atoms with E-state index in [-0.39, 0.29) is 17.2 Å². The summed E-state index contributed by atoms with van der Waals surface area (Å²) in [5, 5.41) is 5.94. The van der Waals surface area contributed by atoms with Gasteiger partial charge in [0.05, 0.1) is 0 Å². The maximum absolute atomic E-state index is 12.6. The average molecular weight is 406 g/mol. The van der Waals surface area contributed by atoms with Crippen molar-refractivity contribution in [1.29, 1.82) is 0 Å². The fraction of sp³-hybridized carbons (Fsp3) is 0.520. The molecule has 2 amide bonds. The van der Waals surface area contributed by atoms with Gasteiger partial charge in [-0.3, -0.25) is 9.59 Å². The predicted octanol–water partition coefficient (Wildman–Crippen LogP) is 3.93. The summed E-state index contributed by atoms with van der Waals surface area (Å²) in [6, 6.07) is 11.5. The van der Waals surface area contributed by atoms with Crippen LogP contribution < -0.4 is 10.6 Å². The van der Waals surface area contributed by atoms with Gasteiger partial charge in [0.2, 0.25) is 5.91 Å². The highest BCUT2D eigenvalue weighted by Gasteiger charge is 2.51. The quantitative estimate of drug-likeness (QED) is 0.686. The van der Waals surface area contributed by atoms with Crippen molar-refractivity contribution >= 4 is 11.8 Å². The van der Waals surface area contributed by atoms with Gasteiger partial charge in [-0.2, -0.15) is 0 Å². The third-order valence-corrected chi connectivity index (χ3v) is 7.47. The number of carbonyl (C=O) groups excluding carboxylic acids is 2. The van der Waals surface area contributed by atoms with Gasteiger partial charge in [-0.25, -0.2) is 0 Å². The molecule has 0 aliphatic heterocycles. The van der Waals surface area contributed by atoms with Gasteiger partial charge in [0.25, 0.3) is 5.91 Å². The zero-order valence-corrected chi connectivity index (χ0v) is 17.5. The van der Waals surface area contributed by atoms with Gasteiger partial charge in [-0.05, 0) is 98.1 Å². The molecule has 5 nitrogen and oxygen atoms in total. The summed E-state index contributed by atoms with van der Waals surface area (Å²) < 4.78 is 2.00. The lowest BCUT2D eigenvalue weighted by molar-refractivity contribution is -0.129. The molecular formula is C25H31N3O2. The number of aromatic nitrogens is 1. The lowest BCUT2D eigenvalue weighted by Gasteiger charge is -2.56. The number of amides is 2. The Morgan fingerprint density at radius 1 is 0.867 bits per heavy atom. The zero-order valence-electron chi connectivity index (χ0n) is 17.5. The lowest BCUT2D eigenvalue weighted by Crippen LogP contribution is -2.48. The van der Waals surface area contributed by atoms with Crippen LogP contribution in [0.3, 0.4) is 0 Å². The van der Waals surface area contributed by atoms with Crippen molar-refractivity contribution in [1.82, 2.24) is 15.2 Å². The molecule has 4 saturated carbocycles. The average Bonchev–Trinajstić information content (AvgIpc) is 3.25. The minimum absolute atomic E-state index is 0.107. The molecule has 1 aromatic heterocycles. The van der Waals surface area contributed by atoms with Crippen molar-refractivity contribution in [2.24, 2.45) is 23.2 Å². The van der Waals surface area contributed by atoms with Crippen LogP contribution in [0.5, 0.6) is 0 Å². The second kappa shape index (κ2) is 7.93. The number of rotatable bonds is 7. The van der Waals surface area contributed by atoms with Crippen molar-refractivity contribution in [2.45, 2.75) is 44.9 Å². The highest BCUT2D eigenvalue weighted by Crippen LogP contribution is 2.61. The summed E-state index contributed by atoms with van der Waals surface area (Å²) in [6.07, 6.45) is 12.6. The molecule has 0 unspecified atom stereocenters. The van der Waals surface area contributed by atoms with Gasteiger partial charge >= 0.3 is 0 Å².